The molecule has 4 heteroatoms. The molecule has 1 heterocycles. The van der Waals surface area contributed by atoms with Gasteiger partial charge in [0.05, 0.1) is 0 Å². The van der Waals surface area contributed by atoms with Crippen LogP contribution in [0, 0.1) is 0 Å². The van der Waals surface area contributed by atoms with E-state index in [1.165, 1.54) is 0 Å². The van der Waals surface area contributed by atoms with E-state index in [1.807, 2.05) is 53.4 Å². The van der Waals surface area contributed by atoms with Crippen molar-refractivity contribution < 1.29 is 9.90 Å². The molecule has 0 saturated heterocycles. The highest BCUT2D eigenvalue weighted by atomic mass is 79.9. The second-order valence-electron chi connectivity index (χ2n) is 4.94. The summed E-state index contributed by atoms with van der Waals surface area (Å²) < 4.78 is 1.03. The molecule has 1 aliphatic heterocycles. The summed E-state index contributed by atoms with van der Waals surface area (Å²) >= 11 is 3.41. The van der Waals surface area contributed by atoms with Crippen LogP contribution < -0.4 is 4.90 Å². The van der Waals surface area contributed by atoms with Crippen molar-refractivity contribution in [3.8, 4) is 0 Å². The maximum atomic E-state index is 11.5. The maximum absolute atomic E-state index is 11.5. The number of aliphatic carboxylic acids is 1. The van der Waals surface area contributed by atoms with Gasteiger partial charge in [0, 0.05) is 23.1 Å². The number of fused-ring (bicyclic) bond motifs is 1. The van der Waals surface area contributed by atoms with Crippen LogP contribution in [0.25, 0.3) is 0 Å². The second-order valence-corrected chi connectivity index (χ2v) is 5.86. The van der Waals surface area contributed by atoms with E-state index in [1.54, 1.807) is 0 Å². The number of para-hydroxylation sites is 1. The third kappa shape index (κ3) is 2.43. The zero-order valence-corrected chi connectivity index (χ0v) is 12.4. The molecule has 0 radical (unpaired) electrons. The standard InChI is InChI=1S/C16H14BrNO2/c17-13-7-5-11(6-8-13)10-18-14-4-2-1-3-12(14)9-15(18)16(19)20/h1-8,15H,9-10H2,(H,19,20). The van der Waals surface area contributed by atoms with E-state index >= 15 is 0 Å². The van der Waals surface area contributed by atoms with Crippen LogP contribution in [-0.4, -0.2) is 17.1 Å². The number of benzene rings is 2. The van der Waals surface area contributed by atoms with Crippen LogP contribution in [0.2, 0.25) is 0 Å². The van der Waals surface area contributed by atoms with Gasteiger partial charge in [-0.1, -0.05) is 46.3 Å². The zero-order valence-electron chi connectivity index (χ0n) is 10.8. The highest BCUT2D eigenvalue weighted by Gasteiger charge is 2.33. The molecule has 0 amide bonds. The van der Waals surface area contributed by atoms with E-state index in [0.29, 0.717) is 13.0 Å². The fraction of sp³-hybridized carbons (Fsp3) is 0.188. The van der Waals surface area contributed by atoms with Crippen LogP contribution in [0.4, 0.5) is 5.69 Å². The lowest BCUT2D eigenvalue weighted by Gasteiger charge is -2.24. The number of carboxylic acids is 1. The van der Waals surface area contributed by atoms with Gasteiger partial charge in [-0.2, -0.15) is 0 Å². The Labute approximate surface area is 126 Å². The van der Waals surface area contributed by atoms with Gasteiger partial charge in [0.1, 0.15) is 6.04 Å². The minimum absolute atomic E-state index is 0.476. The summed E-state index contributed by atoms with van der Waals surface area (Å²) in [7, 11) is 0. The van der Waals surface area contributed by atoms with Crippen molar-refractivity contribution in [2.75, 3.05) is 4.90 Å². The van der Waals surface area contributed by atoms with Crippen molar-refractivity contribution in [3.63, 3.8) is 0 Å². The Morgan fingerprint density at radius 1 is 1.20 bits per heavy atom. The SMILES string of the molecule is O=C(O)C1Cc2ccccc2N1Cc1ccc(Br)cc1. The molecule has 1 unspecified atom stereocenters. The molecule has 3 rings (SSSR count). The molecular weight excluding hydrogens is 318 g/mol. The minimum Gasteiger partial charge on any atom is -0.480 e. The number of hydrogen-bond donors (Lipinski definition) is 1. The van der Waals surface area contributed by atoms with E-state index < -0.39 is 12.0 Å². The minimum atomic E-state index is -0.765. The van der Waals surface area contributed by atoms with Gasteiger partial charge in [-0.15, -0.1) is 0 Å². The Bertz CT molecular complexity index is 639. The van der Waals surface area contributed by atoms with Gasteiger partial charge in [-0.3, -0.25) is 0 Å². The van der Waals surface area contributed by atoms with E-state index in [-0.39, 0.29) is 0 Å². The van der Waals surface area contributed by atoms with Gasteiger partial charge >= 0.3 is 5.97 Å². The summed E-state index contributed by atoms with van der Waals surface area (Å²) in [6.07, 6.45) is 0.571. The van der Waals surface area contributed by atoms with Crippen LogP contribution in [0.15, 0.2) is 53.0 Å². The van der Waals surface area contributed by atoms with Gasteiger partial charge in [-0.05, 0) is 29.3 Å². The molecule has 0 aromatic heterocycles. The molecule has 1 N–H and O–H groups in total. The third-order valence-corrected chi connectivity index (χ3v) is 4.17. The summed E-state index contributed by atoms with van der Waals surface area (Å²) in [5.41, 5.74) is 3.25. The van der Waals surface area contributed by atoms with Gasteiger partial charge in [0.2, 0.25) is 0 Å². The fourth-order valence-corrected chi connectivity index (χ4v) is 2.92. The molecule has 102 valence electrons. The first-order valence-electron chi connectivity index (χ1n) is 6.47. The van der Waals surface area contributed by atoms with Crippen LogP contribution in [-0.2, 0) is 17.8 Å². The predicted octanol–water partition coefficient (Wildman–Crippen LogP) is 3.47. The number of carboxylic acid groups (broad SMARTS) is 1. The molecule has 3 nitrogen and oxygen atoms in total. The van der Waals surface area contributed by atoms with Crippen LogP contribution in [0.5, 0.6) is 0 Å². The second kappa shape index (κ2) is 5.29. The Balaban J connectivity index is 1.92. The average molecular weight is 332 g/mol. The Hall–Kier alpha value is -1.81. The van der Waals surface area contributed by atoms with Gasteiger partial charge in [0.15, 0.2) is 0 Å². The summed E-state index contributed by atoms with van der Waals surface area (Å²) in [6, 6.07) is 15.4. The molecule has 0 aliphatic carbocycles. The highest BCUT2D eigenvalue weighted by Crippen LogP contribution is 2.33. The number of nitrogens with zero attached hydrogens (tertiary/aromatic N) is 1. The predicted molar refractivity (Wildman–Crippen MR) is 81.9 cm³/mol. The molecule has 20 heavy (non-hydrogen) atoms. The third-order valence-electron chi connectivity index (χ3n) is 3.64. The first kappa shape index (κ1) is 13.2. The quantitative estimate of drug-likeness (QED) is 0.936. The van der Waals surface area contributed by atoms with Gasteiger partial charge in [-0.25, -0.2) is 4.79 Å². The summed E-state index contributed by atoms with van der Waals surface area (Å²) in [5.74, 6) is -0.765. The lowest BCUT2D eigenvalue weighted by atomic mass is 10.1. The van der Waals surface area contributed by atoms with Crippen molar-refractivity contribution in [2.24, 2.45) is 0 Å². The molecule has 2 aromatic rings. The summed E-state index contributed by atoms with van der Waals surface area (Å²) in [5, 5.41) is 9.43. The number of anilines is 1. The molecule has 0 bridgehead atoms. The molecule has 0 saturated carbocycles. The Morgan fingerprint density at radius 3 is 2.60 bits per heavy atom. The zero-order chi connectivity index (χ0) is 14.1. The number of rotatable bonds is 3. The molecule has 1 atom stereocenters. The first-order valence-corrected chi connectivity index (χ1v) is 7.26. The smallest absolute Gasteiger partial charge is 0.326 e. The lowest BCUT2D eigenvalue weighted by Crippen LogP contribution is -2.38. The monoisotopic (exact) mass is 331 g/mol. The normalized spacial score (nSPS) is 17.1. The summed E-state index contributed by atoms with van der Waals surface area (Å²) in [4.78, 5) is 13.4. The molecule has 0 spiro atoms. The van der Waals surface area contributed by atoms with Crippen molar-refractivity contribution in [1.29, 1.82) is 0 Å². The summed E-state index contributed by atoms with van der Waals surface area (Å²) in [6.45, 7) is 0.612. The van der Waals surface area contributed by atoms with Crippen LogP contribution in [0.3, 0.4) is 0 Å². The van der Waals surface area contributed by atoms with Crippen molar-refractivity contribution >= 4 is 27.6 Å². The van der Waals surface area contributed by atoms with Gasteiger partial charge < -0.3 is 10.0 Å². The fourth-order valence-electron chi connectivity index (χ4n) is 2.65. The van der Waals surface area contributed by atoms with E-state index in [2.05, 4.69) is 15.9 Å². The maximum Gasteiger partial charge on any atom is 0.326 e. The lowest BCUT2D eigenvalue weighted by molar-refractivity contribution is -0.138. The highest BCUT2D eigenvalue weighted by molar-refractivity contribution is 9.10. The molecule has 1 aliphatic rings. The van der Waals surface area contributed by atoms with E-state index in [9.17, 15) is 9.90 Å². The number of carbonyl (C=O) groups is 1. The Kier molecular flexibility index (Phi) is 3.49. The topological polar surface area (TPSA) is 40.5 Å². The van der Waals surface area contributed by atoms with E-state index in [0.717, 1.165) is 21.3 Å². The number of hydrogen-bond acceptors (Lipinski definition) is 2. The van der Waals surface area contributed by atoms with Crippen molar-refractivity contribution in [2.45, 2.75) is 19.0 Å². The molecule has 0 fully saturated rings. The molecular formula is C16H14BrNO2. The number of halogens is 1. The van der Waals surface area contributed by atoms with Crippen molar-refractivity contribution in [3.05, 3.63) is 64.1 Å². The average Bonchev–Trinajstić information content (AvgIpc) is 2.81. The first-order chi connectivity index (χ1) is 9.65. The van der Waals surface area contributed by atoms with Crippen LogP contribution in [0.1, 0.15) is 11.1 Å². The van der Waals surface area contributed by atoms with E-state index in [4.69, 9.17) is 0 Å². The van der Waals surface area contributed by atoms with Crippen LogP contribution >= 0.6 is 15.9 Å². The van der Waals surface area contributed by atoms with Crippen molar-refractivity contribution in [1.82, 2.24) is 0 Å². The molecule has 2 aromatic carbocycles. The Morgan fingerprint density at radius 2 is 1.90 bits per heavy atom. The largest absolute Gasteiger partial charge is 0.480 e. The van der Waals surface area contributed by atoms with Gasteiger partial charge in [0.25, 0.3) is 0 Å².